The van der Waals surface area contributed by atoms with Crippen molar-refractivity contribution in [1.29, 1.82) is 0 Å². The number of amides is 2. The van der Waals surface area contributed by atoms with Crippen molar-refractivity contribution in [3.63, 3.8) is 0 Å². The third-order valence-electron chi connectivity index (χ3n) is 9.42. The number of anilines is 1. The monoisotopic (exact) mass is 668 g/mol. The van der Waals surface area contributed by atoms with Crippen LogP contribution in [0.25, 0.3) is 0 Å². The van der Waals surface area contributed by atoms with E-state index in [2.05, 4.69) is 4.98 Å². The minimum Gasteiger partial charge on any atom is -0.489 e. The van der Waals surface area contributed by atoms with Crippen LogP contribution in [0.3, 0.4) is 0 Å². The summed E-state index contributed by atoms with van der Waals surface area (Å²) < 4.78 is 6.40. The van der Waals surface area contributed by atoms with Crippen LogP contribution in [0.5, 0.6) is 5.75 Å². The highest BCUT2D eigenvalue weighted by molar-refractivity contribution is 8.00. The standard InChI is InChI=1S/C32H23Cl3N2O4S2/c33-15-3-1-14(2-4-15)13-41-22-10-7-17(35)11-19(22)23-24-20-12-21(27(24)42-29-28(23)43-32(40)36-29)26-25(20)30(38)37(31(26)39)18-8-5-16(34)6-9-18/h1-11,20-21,23-27H,12-13H2,(H,36,40)/t20-,21-,23+,24+,25+,26+,27-/m1/s1. The molecule has 2 bridgehead atoms. The van der Waals surface area contributed by atoms with Gasteiger partial charge in [-0.3, -0.25) is 19.3 Å². The number of ether oxygens (including phenoxy) is 1. The average molecular weight is 670 g/mol. The van der Waals surface area contributed by atoms with Gasteiger partial charge in [-0.15, -0.1) is 11.8 Å². The van der Waals surface area contributed by atoms with Gasteiger partial charge in [0.05, 0.1) is 22.5 Å². The number of thioether (sulfide) groups is 1. The maximum absolute atomic E-state index is 14.0. The van der Waals surface area contributed by atoms with Gasteiger partial charge in [0.25, 0.3) is 0 Å². The number of H-pyrrole nitrogens is 1. The third kappa shape index (κ3) is 4.40. The van der Waals surface area contributed by atoms with E-state index in [4.69, 9.17) is 39.5 Å². The van der Waals surface area contributed by atoms with E-state index in [1.54, 1.807) is 42.1 Å². The lowest BCUT2D eigenvalue weighted by molar-refractivity contribution is -0.123. The summed E-state index contributed by atoms with van der Waals surface area (Å²) in [7, 11) is 0. The van der Waals surface area contributed by atoms with Gasteiger partial charge in [0.15, 0.2) is 0 Å². The Labute approximate surface area is 270 Å². The molecular formula is C32H23Cl3N2O4S2. The molecule has 2 aliphatic carbocycles. The molecule has 43 heavy (non-hydrogen) atoms. The number of hydrogen-bond donors (Lipinski definition) is 1. The zero-order valence-electron chi connectivity index (χ0n) is 22.3. The van der Waals surface area contributed by atoms with Crippen LogP contribution in [-0.4, -0.2) is 22.0 Å². The van der Waals surface area contributed by atoms with Gasteiger partial charge < -0.3 is 9.72 Å². The van der Waals surface area contributed by atoms with Crippen LogP contribution in [0, 0.1) is 29.6 Å². The molecule has 11 heteroatoms. The molecule has 1 aromatic heterocycles. The number of hydrogen-bond acceptors (Lipinski definition) is 6. The molecule has 1 saturated heterocycles. The SMILES string of the molecule is O=C1[C@H]2[C@H]3C[C@@H]([C@@H]2C(=O)N1c1ccc(Cl)cc1)[C@H]1[C@H](c2cc(Cl)ccc2OCc2ccc(Cl)cc2)c2sc(=O)[nH]c2S[C@H]31. The Morgan fingerprint density at radius 3 is 2.21 bits per heavy atom. The second kappa shape index (κ2) is 10.4. The van der Waals surface area contributed by atoms with Gasteiger partial charge in [0.2, 0.25) is 11.8 Å². The number of halogens is 3. The van der Waals surface area contributed by atoms with Gasteiger partial charge in [-0.2, -0.15) is 0 Å². The second-order valence-electron chi connectivity index (χ2n) is 11.5. The number of rotatable bonds is 5. The molecule has 3 heterocycles. The molecule has 8 rings (SSSR count). The fourth-order valence-electron chi connectivity index (χ4n) is 7.85. The molecule has 4 aromatic rings. The molecular weight excluding hydrogens is 647 g/mol. The lowest BCUT2D eigenvalue weighted by Gasteiger charge is -2.43. The number of nitrogens with zero attached hydrogens (tertiary/aromatic N) is 1. The van der Waals surface area contributed by atoms with Crippen molar-refractivity contribution in [2.24, 2.45) is 29.6 Å². The molecule has 6 nitrogen and oxygen atoms in total. The topological polar surface area (TPSA) is 79.5 Å². The second-order valence-corrected chi connectivity index (χ2v) is 15.1. The minimum atomic E-state index is -0.410. The van der Waals surface area contributed by atoms with Crippen LogP contribution in [0.2, 0.25) is 15.1 Å². The fraction of sp³-hybridized carbons (Fsp3) is 0.281. The third-order valence-corrected chi connectivity index (χ3v) is 12.8. The molecule has 0 unspecified atom stereocenters. The molecule has 2 amide bonds. The molecule has 3 fully saturated rings. The Morgan fingerprint density at radius 2 is 1.49 bits per heavy atom. The molecule has 0 radical (unpaired) electrons. The number of benzene rings is 3. The van der Waals surface area contributed by atoms with Gasteiger partial charge >= 0.3 is 4.87 Å². The summed E-state index contributed by atoms with van der Waals surface area (Å²) in [6.45, 7) is 0.331. The fourth-order valence-corrected chi connectivity index (χ4v) is 11.2. The first-order valence-electron chi connectivity index (χ1n) is 14.0. The number of imide groups is 1. The van der Waals surface area contributed by atoms with Crippen molar-refractivity contribution >= 4 is 75.4 Å². The highest BCUT2D eigenvalue weighted by Gasteiger charge is 2.69. The molecule has 2 saturated carbocycles. The van der Waals surface area contributed by atoms with Crippen LogP contribution < -0.4 is 14.5 Å². The van der Waals surface area contributed by atoms with Crippen LogP contribution in [0.4, 0.5) is 5.69 Å². The quantitative estimate of drug-likeness (QED) is 0.221. The van der Waals surface area contributed by atoms with Gasteiger partial charge in [0.1, 0.15) is 12.4 Å². The summed E-state index contributed by atoms with van der Waals surface area (Å²) in [5.41, 5.74) is 2.41. The smallest absolute Gasteiger partial charge is 0.305 e. The van der Waals surface area contributed by atoms with Crippen LogP contribution >= 0.6 is 57.9 Å². The van der Waals surface area contributed by atoms with Crippen molar-refractivity contribution in [2.75, 3.05) is 4.90 Å². The van der Waals surface area contributed by atoms with Gasteiger partial charge in [-0.1, -0.05) is 58.3 Å². The van der Waals surface area contributed by atoms with Crippen LogP contribution in [0.1, 0.15) is 28.3 Å². The van der Waals surface area contributed by atoms with E-state index in [0.717, 1.165) is 27.5 Å². The molecule has 4 aliphatic rings. The number of carbonyl (C=O) groups excluding carboxylic acids is 2. The maximum atomic E-state index is 14.0. The first kappa shape index (κ1) is 27.8. The molecule has 2 aliphatic heterocycles. The summed E-state index contributed by atoms with van der Waals surface area (Å²) in [5.74, 6) is -0.610. The Balaban J connectivity index is 1.20. The van der Waals surface area contributed by atoms with E-state index in [0.29, 0.717) is 33.1 Å². The van der Waals surface area contributed by atoms with E-state index in [-0.39, 0.29) is 51.5 Å². The Morgan fingerprint density at radius 1 is 0.837 bits per heavy atom. The van der Waals surface area contributed by atoms with E-state index in [1.165, 1.54) is 16.2 Å². The van der Waals surface area contributed by atoms with Crippen molar-refractivity contribution in [1.82, 2.24) is 4.98 Å². The van der Waals surface area contributed by atoms with Crippen molar-refractivity contribution in [3.8, 4) is 5.75 Å². The summed E-state index contributed by atoms with van der Waals surface area (Å²) >= 11 is 21.6. The number of nitrogens with one attached hydrogen (secondary N) is 1. The van der Waals surface area contributed by atoms with E-state index in [1.807, 2.05) is 36.4 Å². The lowest BCUT2D eigenvalue weighted by Crippen LogP contribution is -2.42. The number of thiazole rings is 1. The zero-order valence-corrected chi connectivity index (χ0v) is 26.2. The normalized spacial score (nSPS) is 28.6. The first-order valence-corrected chi connectivity index (χ1v) is 16.8. The van der Waals surface area contributed by atoms with Crippen molar-refractivity contribution < 1.29 is 14.3 Å². The van der Waals surface area contributed by atoms with Crippen molar-refractivity contribution in [2.45, 2.75) is 29.2 Å². The molecule has 0 spiro atoms. The molecule has 218 valence electrons. The Bertz CT molecular complexity index is 1840. The highest BCUT2D eigenvalue weighted by Crippen LogP contribution is 2.69. The number of carbonyl (C=O) groups is 2. The first-order chi connectivity index (χ1) is 20.8. The Kier molecular flexibility index (Phi) is 6.73. The zero-order chi connectivity index (χ0) is 29.6. The van der Waals surface area contributed by atoms with Crippen LogP contribution in [0.15, 0.2) is 76.6 Å². The number of fused-ring (bicyclic) bond motifs is 9. The van der Waals surface area contributed by atoms with Crippen molar-refractivity contribution in [3.05, 3.63) is 107 Å². The summed E-state index contributed by atoms with van der Waals surface area (Å²) in [5, 5.41) is 2.65. The van der Waals surface area contributed by atoms with Gasteiger partial charge in [-0.05, 0) is 84.3 Å². The summed E-state index contributed by atoms with van der Waals surface area (Å²) in [6, 6.07) is 20.0. The average Bonchev–Trinajstić information content (AvgIpc) is 3.73. The highest BCUT2D eigenvalue weighted by atomic mass is 35.5. The van der Waals surface area contributed by atoms with Gasteiger partial charge in [-0.25, -0.2) is 0 Å². The summed E-state index contributed by atoms with van der Waals surface area (Å²) in [6.07, 6.45) is 0.792. The molecule has 7 atom stereocenters. The lowest BCUT2D eigenvalue weighted by atomic mass is 9.68. The van der Waals surface area contributed by atoms with E-state index in [9.17, 15) is 14.4 Å². The minimum absolute atomic E-state index is 0.00965. The van der Waals surface area contributed by atoms with Crippen LogP contribution in [-0.2, 0) is 16.2 Å². The Hall–Kier alpha value is -2.75. The van der Waals surface area contributed by atoms with Gasteiger partial charge in [0, 0.05) is 36.7 Å². The largest absolute Gasteiger partial charge is 0.489 e. The molecule has 1 N–H and O–H groups in total. The molecule has 3 aromatic carbocycles. The maximum Gasteiger partial charge on any atom is 0.305 e. The van der Waals surface area contributed by atoms with E-state index >= 15 is 0 Å². The number of aromatic nitrogens is 1. The summed E-state index contributed by atoms with van der Waals surface area (Å²) in [4.78, 5) is 45.8. The predicted molar refractivity (Wildman–Crippen MR) is 170 cm³/mol. The predicted octanol–water partition coefficient (Wildman–Crippen LogP) is 7.65. The number of aromatic amines is 1. The van der Waals surface area contributed by atoms with E-state index < -0.39 is 5.92 Å².